The second kappa shape index (κ2) is 6.62. The highest BCUT2D eigenvalue weighted by Crippen LogP contribution is 2.34. The standard InChI is InChI=1S/C9H9Cl3N2O4S/c1-18-8(15)4-13-19(16,17)14-9-6(11)2-5(10)3-7(9)12/h2-3,13-14H,4H2,1H3. The van der Waals surface area contributed by atoms with E-state index >= 15 is 0 Å². The van der Waals surface area contributed by atoms with Gasteiger partial charge < -0.3 is 4.74 Å². The average molecular weight is 348 g/mol. The third-order valence-electron chi connectivity index (χ3n) is 1.88. The summed E-state index contributed by atoms with van der Waals surface area (Å²) >= 11 is 17.3. The van der Waals surface area contributed by atoms with E-state index in [1.807, 2.05) is 4.72 Å². The minimum atomic E-state index is -4.01. The van der Waals surface area contributed by atoms with Crippen molar-refractivity contribution in [2.45, 2.75) is 0 Å². The molecule has 0 saturated carbocycles. The minimum Gasteiger partial charge on any atom is -0.468 e. The molecule has 0 bridgehead atoms. The number of nitrogens with one attached hydrogen (secondary N) is 2. The van der Waals surface area contributed by atoms with E-state index in [1.165, 1.54) is 12.1 Å². The van der Waals surface area contributed by atoms with Gasteiger partial charge >= 0.3 is 5.97 Å². The van der Waals surface area contributed by atoms with Gasteiger partial charge in [-0.2, -0.15) is 13.1 Å². The number of hydrogen-bond acceptors (Lipinski definition) is 4. The van der Waals surface area contributed by atoms with Gasteiger partial charge in [-0.15, -0.1) is 0 Å². The molecule has 0 spiro atoms. The molecule has 0 atom stereocenters. The van der Waals surface area contributed by atoms with Gasteiger partial charge in [0, 0.05) is 5.02 Å². The Morgan fingerprint density at radius 3 is 2.26 bits per heavy atom. The van der Waals surface area contributed by atoms with Crippen LogP contribution in [0.1, 0.15) is 0 Å². The Morgan fingerprint density at radius 1 is 1.26 bits per heavy atom. The van der Waals surface area contributed by atoms with Crippen LogP contribution in [0.5, 0.6) is 0 Å². The van der Waals surface area contributed by atoms with E-state index in [0.29, 0.717) is 0 Å². The molecular formula is C9H9Cl3N2O4S. The number of hydrogen-bond donors (Lipinski definition) is 2. The predicted octanol–water partition coefficient (Wildman–Crippen LogP) is 2.07. The first-order chi connectivity index (χ1) is 8.75. The highest BCUT2D eigenvalue weighted by molar-refractivity contribution is 7.90. The fourth-order valence-corrected chi connectivity index (χ4v) is 2.93. The molecule has 1 rings (SSSR count). The highest BCUT2D eigenvalue weighted by Gasteiger charge is 2.16. The lowest BCUT2D eigenvalue weighted by Gasteiger charge is -2.11. The normalized spacial score (nSPS) is 11.2. The van der Waals surface area contributed by atoms with E-state index in [4.69, 9.17) is 34.8 Å². The smallest absolute Gasteiger partial charge is 0.320 e. The summed E-state index contributed by atoms with van der Waals surface area (Å²) in [6, 6.07) is 2.65. The molecule has 0 saturated heterocycles. The van der Waals surface area contributed by atoms with Crippen LogP contribution in [0.25, 0.3) is 0 Å². The van der Waals surface area contributed by atoms with Crippen LogP contribution in [0.15, 0.2) is 12.1 Å². The SMILES string of the molecule is COC(=O)CNS(=O)(=O)Nc1c(Cl)cc(Cl)cc1Cl. The molecule has 0 aliphatic heterocycles. The number of carbonyl (C=O) groups is 1. The van der Waals surface area contributed by atoms with E-state index in [2.05, 4.69) is 9.46 Å². The number of anilines is 1. The van der Waals surface area contributed by atoms with Crippen LogP contribution >= 0.6 is 34.8 Å². The monoisotopic (exact) mass is 346 g/mol. The molecule has 10 heteroatoms. The van der Waals surface area contributed by atoms with E-state index in [9.17, 15) is 13.2 Å². The molecule has 106 valence electrons. The molecule has 0 radical (unpaired) electrons. The number of benzene rings is 1. The average Bonchev–Trinajstić information content (AvgIpc) is 2.31. The fourth-order valence-electron chi connectivity index (χ4n) is 1.04. The molecule has 6 nitrogen and oxygen atoms in total. The third-order valence-corrected chi connectivity index (χ3v) is 3.69. The molecule has 0 aliphatic carbocycles. The summed E-state index contributed by atoms with van der Waals surface area (Å²) in [4.78, 5) is 10.8. The second-order valence-electron chi connectivity index (χ2n) is 3.25. The summed E-state index contributed by atoms with van der Waals surface area (Å²) in [5, 5.41) is 0.322. The molecular weight excluding hydrogens is 339 g/mol. The predicted molar refractivity (Wildman–Crippen MR) is 74.0 cm³/mol. The maximum absolute atomic E-state index is 11.6. The maximum Gasteiger partial charge on any atom is 0.320 e. The number of methoxy groups -OCH3 is 1. The summed E-state index contributed by atoms with van der Waals surface area (Å²) in [6.07, 6.45) is 0. The lowest BCUT2D eigenvalue weighted by Crippen LogP contribution is -2.34. The molecule has 2 N–H and O–H groups in total. The van der Waals surface area contributed by atoms with Crippen LogP contribution in [0.4, 0.5) is 5.69 Å². The maximum atomic E-state index is 11.6. The Balaban J connectivity index is 2.87. The van der Waals surface area contributed by atoms with Crippen LogP contribution in [-0.4, -0.2) is 28.0 Å². The largest absolute Gasteiger partial charge is 0.468 e. The Hall–Kier alpha value is -0.730. The number of esters is 1. The van der Waals surface area contributed by atoms with Gasteiger partial charge in [-0.25, -0.2) is 0 Å². The van der Waals surface area contributed by atoms with Gasteiger partial charge in [0.1, 0.15) is 6.54 Å². The molecule has 0 heterocycles. The number of ether oxygens (including phenoxy) is 1. The van der Waals surface area contributed by atoms with Crippen molar-refractivity contribution in [3.8, 4) is 0 Å². The zero-order valence-electron chi connectivity index (χ0n) is 9.54. The lowest BCUT2D eigenvalue weighted by molar-refractivity contribution is -0.139. The topological polar surface area (TPSA) is 84.5 Å². The Kier molecular flexibility index (Phi) is 5.69. The van der Waals surface area contributed by atoms with Gasteiger partial charge in [0.05, 0.1) is 22.8 Å². The quantitative estimate of drug-likeness (QED) is 0.799. The molecule has 0 aromatic heterocycles. The Morgan fingerprint density at radius 2 is 1.79 bits per heavy atom. The van der Waals surface area contributed by atoms with Crippen molar-refractivity contribution in [2.75, 3.05) is 18.4 Å². The molecule has 1 aromatic carbocycles. The van der Waals surface area contributed by atoms with Crippen molar-refractivity contribution >= 4 is 56.7 Å². The van der Waals surface area contributed by atoms with E-state index in [0.717, 1.165) is 7.11 Å². The van der Waals surface area contributed by atoms with Crippen molar-refractivity contribution in [1.82, 2.24) is 4.72 Å². The van der Waals surface area contributed by atoms with Gasteiger partial charge in [-0.05, 0) is 12.1 Å². The van der Waals surface area contributed by atoms with Crippen LogP contribution in [0.3, 0.4) is 0 Å². The molecule has 0 aliphatic rings. The van der Waals surface area contributed by atoms with Gasteiger partial charge in [-0.1, -0.05) is 34.8 Å². The second-order valence-corrected chi connectivity index (χ2v) is 6.00. The van der Waals surface area contributed by atoms with Crippen LogP contribution in [-0.2, 0) is 19.7 Å². The van der Waals surface area contributed by atoms with Crippen LogP contribution in [0, 0.1) is 0 Å². The van der Waals surface area contributed by atoms with Crippen molar-refractivity contribution in [3.63, 3.8) is 0 Å². The lowest BCUT2D eigenvalue weighted by atomic mass is 10.3. The van der Waals surface area contributed by atoms with Crippen molar-refractivity contribution in [2.24, 2.45) is 0 Å². The summed E-state index contributed by atoms with van der Waals surface area (Å²) in [7, 11) is -2.87. The van der Waals surface area contributed by atoms with Gasteiger partial charge in [-0.3, -0.25) is 9.52 Å². The molecule has 0 fully saturated rings. The van der Waals surface area contributed by atoms with Crippen molar-refractivity contribution < 1.29 is 17.9 Å². The highest BCUT2D eigenvalue weighted by atomic mass is 35.5. The first kappa shape index (κ1) is 16.3. The van der Waals surface area contributed by atoms with E-state index < -0.39 is 22.7 Å². The third kappa shape index (κ3) is 5.04. The Labute approximate surface area is 125 Å². The van der Waals surface area contributed by atoms with Gasteiger partial charge in [0.2, 0.25) is 0 Å². The molecule has 19 heavy (non-hydrogen) atoms. The van der Waals surface area contributed by atoms with Crippen LogP contribution in [0.2, 0.25) is 15.1 Å². The first-order valence-corrected chi connectivity index (χ1v) is 7.35. The van der Waals surface area contributed by atoms with Gasteiger partial charge in [0.15, 0.2) is 0 Å². The molecule has 0 amide bonds. The van der Waals surface area contributed by atoms with E-state index in [1.54, 1.807) is 0 Å². The van der Waals surface area contributed by atoms with Crippen molar-refractivity contribution in [1.29, 1.82) is 0 Å². The van der Waals surface area contributed by atoms with Crippen molar-refractivity contribution in [3.05, 3.63) is 27.2 Å². The Bertz CT molecular complexity index is 568. The number of rotatable bonds is 5. The van der Waals surface area contributed by atoms with E-state index in [-0.39, 0.29) is 20.8 Å². The zero-order valence-corrected chi connectivity index (χ0v) is 12.6. The minimum absolute atomic E-state index is 0.0287. The van der Waals surface area contributed by atoms with Crippen LogP contribution < -0.4 is 9.44 Å². The number of halogens is 3. The van der Waals surface area contributed by atoms with Gasteiger partial charge in [0.25, 0.3) is 10.2 Å². The first-order valence-electron chi connectivity index (χ1n) is 4.74. The summed E-state index contributed by atoms with van der Waals surface area (Å²) < 4.78 is 31.6. The molecule has 0 unspecified atom stereocenters. The summed E-state index contributed by atoms with van der Waals surface area (Å²) in [5.41, 5.74) is -0.0369. The fraction of sp³-hybridized carbons (Fsp3) is 0.222. The summed E-state index contributed by atoms with van der Waals surface area (Å²) in [5.74, 6) is -0.737. The summed E-state index contributed by atoms with van der Waals surface area (Å²) in [6.45, 7) is -0.519. The number of carbonyl (C=O) groups excluding carboxylic acids is 1. The molecule has 1 aromatic rings. The zero-order chi connectivity index (χ0) is 14.6.